The maximum absolute atomic E-state index is 13.4. The van der Waals surface area contributed by atoms with Crippen LogP contribution in [-0.4, -0.2) is 9.55 Å². The molecule has 0 atom stereocenters. The van der Waals surface area contributed by atoms with E-state index in [0.717, 1.165) is 5.82 Å². The lowest BCUT2D eigenvalue weighted by atomic mass is 10.1. The van der Waals surface area contributed by atoms with Crippen LogP contribution in [0.25, 0.3) is 0 Å². The molecule has 0 saturated carbocycles. The Morgan fingerprint density at radius 2 is 1.77 bits per heavy atom. The third-order valence-corrected chi connectivity index (χ3v) is 2.14. The number of hydrogen-bond acceptors (Lipinski definition) is 1. The Bertz CT molecular complexity index is 272. The number of aryl methyl sites for hydroxylation is 1. The Kier molecular flexibility index (Phi) is 2.74. The van der Waals surface area contributed by atoms with Crippen molar-refractivity contribution in [3.8, 4) is 0 Å². The molecule has 0 aliphatic rings. The second-order valence-electron chi connectivity index (χ2n) is 3.95. The molecule has 2 nitrogen and oxygen atoms in total. The second kappa shape index (κ2) is 3.48. The van der Waals surface area contributed by atoms with Gasteiger partial charge in [0.15, 0.2) is 0 Å². The van der Waals surface area contributed by atoms with Crippen LogP contribution in [0.1, 0.15) is 51.2 Å². The minimum atomic E-state index is -0.318. The third-order valence-electron chi connectivity index (χ3n) is 2.14. The van der Waals surface area contributed by atoms with Gasteiger partial charge in [0.1, 0.15) is 5.82 Å². The van der Waals surface area contributed by atoms with E-state index in [1.807, 2.05) is 39.2 Å². The number of imidazole rings is 1. The monoisotopic (exact) mass is 184 g/mol. The van der Waals surface area contributed by atoms with Gasteiger partial charge in [-0.3, -0.25) is 0 Å². The Morgan fingerprint density at radius 1 is 1.23 bits per heavy atom. The Hall–Kier alpha value is -0.860. The molecule has 0 N–H and O–H groups in total. The molecule has 1 aromatic heterocycles. The largest absolute Gasteiger partial charge is 0.327 e. The SMILES string of the molecule is Cc1nc(F)c(C(C)C)n1C(C)C. The molecule has 1 heterocycles. The molecule has 3 heteroatoms. The van der Waals surface area contributed by atoms with Gasteiger partial charge in [-0.1, -0.05) is 13.8 Å². The van der Waals surface area contributed by atoms with Crippen molar-refractivity contribution in [1.29, 1.82) is 0 Å². The summed E-state index contributed by atoms with van der Waals surface area (Å²) in [7, 11) is 0. The molecule has 74 valence electrons. The zero-order valence-electron chi connectivity index (χ0n) is 8.93. The first-order valence-corrected chi connectivity index (χ1v) is 4.69. The van der Waals surface area contributed by atoms with E-state index in [9.17, 15) is 4.39 Å². The van der Waals surface area contributed by atoms with E-state index in [0.29, 0.717) is 5.69 Å². The molecule has 0 spiro atoms. The van der Waals surface area contributed by atoms with Gasteiger partial charge in [0.2, 0.25) is 5.95 Å². The van der Waals surface area contributed by atoms with E-state index in [1.165, 1.54) is 0 Å². The highest BCUT2D eigenvalue weighted by atomic mass is 19.1. The molecule has 0 unspecified atom stereocenters. The van der Waals surface area contributed by atoms with Crippen LogP contribution in [0.5, 0.6) is 0 Å². The van der Waals surface area contributed by atoms with Crippen molar-refractivity contribution >= 4 is 0 Å². The minimum absolute atomic E-state index is 0.184. The molecule has 0 fully saturated rings. The maximum Gasteiger partial charge on any atom is 0.234 e. The molecule has 1 rings (SSSR count). The van der Waals surface area contributed by atoms with E-state index in [-0.39, 0.29) is 17.9 Å². The fourth-order valence-electron chi connectivity index (χ4n) is 1.70. The number of nitrogens with zero attached hydrogens (tertiary/aromatic N) is 2. The summed E-state index contributed by atoms with van der Waals surface area (Å²) in [4.78, 5) is 3.85. The van der Waals surface area contributed by atoms with Gasteiger partial charge in [0, 0.05) is 6.04 Å². The molecule has 1 aromatic rings. The second-order valence-corrected chi connectivity index (χ2v) is 3.95. The van der Waals surface area contributed by atoms with Crippen LogP contribution < -0.4 is 0 Å². The molecule has 0 radical (unpaired) electrons. The van der Waals surface area contributed by atoms with Crippen molar-refractivity contribution in [1.82, 2.24) is 9.55 Å². The number of aromatic nitrogens is 2. The summed E-state index contributed by atoms with van der Waals surface area (Å²) in [5.74, 6) is 0.626. The van der Waals surface area contributed by atoms with Crippen LogP contribution in [0, 0.1) is 12.9 Å². The summed E-state index contributed by atoms with van der Waals surface area (Å²) in [6, 6.07) is 0.273. The predicted octanol–water partition coefficient (Wildman–Crippen LogP) is 3.03. The van der Waals surface area contributed by atoms with Gasteiger partial charge < -0.3 is 4.57 Å². The van der Waals surface area contributed by atoms with E-state index < -0.39 is 0 Å². The lowest BCUT2D eigenvalue weighted by molar-refractivity contribution is 0.514. The first kappa shape index (κ1) is 10.2. The molecule has 0 aliphatic heterocycles. The van der Waals surface area contributed by atoms with E-state index in [2.05, 4.69) is 4.98 Å². The summed E-state index contributed by atoms with van der Waals surface area (Å²) >= 11 is 0. The van der Waals surface area contributed by atoms with E-state index >= 15 is 0 Å². The van der Waals surface area contributed by atoms with Crippen molar-refractivity contribution in [3.05, 3.63) is 17.5 Å². The van der Waals surface area contributed by atoms with Crippen LogP contribution in [0.4, 0.5) is 4.39 Å². The fourth-order valence-corrected chi connectivity index (χ4v) is 1.70. The summed E-state index contributed by atoms with van der Waals surface area (Å²) in [6.07, 6.45) is 0. The van der Waals surface area contributed by atoms with Gasteiger partial charge in [-0.15, -0.1) is 0 Å². The Morgan fingerprint density at radius 3 is 2.08 bits per heavy atom. The maximum atomic E-state index is 13.4. The average molecular weight is 184 g/mol. The summed E-state index contributed by atoms with van der Waals surface area (Å²) in [5, 5.41) is 0. The molecule has 0 aliphatic carbocycles. The molecular formula is C10H17FN2. The molecule has 13 heavy (non-hydrogen) atoms. The predicted molar refractivity (Wildman–Crippen MR) is 51.4 cm³/mol. The molecular weight excluding hydrogens is 167 g/mol. The zero-order chi connectivity index (χ0) is 10.2. The van der Waals surface area contributed by atoms with Gasteiger partial charge in [-0.05, 0) is 26.7 Å². The zero-order valence-corrected chi connectivity index (χ0v) is 8.93. The van der Waals surface area contributed by atoms with E-state index in [4.69, 9.17) is 0 Å². The summed E-state index contributed by atoms with van der Waals surface area (Å²) < 4.78 is 15.3. The Balaban J connectivity index is 3.29. The summed E-state index contributed by atoms with van der Waals surface area (Å²) in [5.41, 5.74) is 0.715. The normalized spacial score (nSPS) is 11.7. The average Bonchev–Trinajstić information content (AvgIpc) is 2.24. The van der Waals surface area contributed by atoms with Gasteiger partial charge in [-0.25, -0.2) is 4.98 Å². The number of hydrogen-bond donors (Lipinski definition) is 0. The van der Waals surface area contributed by atoms with Crippen LogP contribution in [0.15, 0.2) is 0 Å². The third kappa shape index (κ3) is 1.74. The van der Waals surface area contributed by atoms with Crippen LogP contribution >= 0.6 is 0 Å². The topological polar surface area (TPSA) is 17.8 Å². The molecule has 0 aromatic carbocycles. The standard InChI is InChI=1S/C10H17FN2/c1-6(2)9-10(11)12-8(5)13(9)7(3)4/h6-7H,1-5H3. The van der Waals surface area contributed by atoms with Crippen molar-refractivity contribution < 1.29 is 4.39 Å². The lowest BCUT2D eigenvalue weighted by Gasteiger charge is -2.15. The van der Waals surface area contributed by atoms with Gasteiger partial charge in [0.05, 0.1) is 5.69 Å². The van der Waals surface area contributed by atoms with E-state index in [1.54, 1.807) is 0 Å². The highest BCUT2D eigenvalue weighted by molar-refractivity contribution is 5.12. The molecule has 0 bridgehead atoms. The van der Waals surface area contributed by atoms with Crippen molar-refractivity contribution in [2.75, 3.05) is 0 Å². The van der Waals surface area contributed by atoms with Crippen molar-refractivity contribution in [3.63, 3.8) is 0 Å². The van der Waals surface area contributed by atoms with Crippen LogP contribution in [0.3, 0.4) is 0 Å². The first-order chi connectivity index (χ1) is 5.95. The van der Waals surface area contributed by atoms with Gasteiger partial charge in [-0.2, -0.15) is 4.39 Å². The number of rotatable bonds is 2. The summed E-state index contributed by atoms with van der Waals surface area (Å²) in [6.45, 7) is 9.89. The van der Waals surface area contributed by atoms with Crippen molar-refractivity contribution in [2.45, 2.75) is 46.6 Å². The lowest BCUT2D eigenvalue weighted by Crippen LogP contribution is -2.09. The van der Waals surface area contributed by atoms with Crippen LogP contribution in [-0.2, 0) is 0 Å². The molecule has 0 saturated heterocycles. The quantitative estimate of drug-likeness (QED) is 0.690. The smallest absolute Gasteiger partial charge is 0.234 e. The van der Waals surface area contributed by atoms with Gasteiger partial charge >= 0.3 is 0 Å². The minimum Gasteiger partial charge on any atom is -0.327 e. The fraction of sp³-hybridized carbons (Fsp3) is 0.700. The highest BCUT2D eigenvalue weighted by Gasteiger charge is 2.18. The van der Waals surface area contributed by atoms with Gasteiger partial charge in [0.25, 0.3) is 0 Å². The number of halogens is 1. The highest BCUT2D eigenvalue weighted by Crippen LogP contribution is 2.23. The van der Waals surface area contributed by atoms with Crippen LogP contribution in [0.2, 0.25) is 0 Å². The first-order valence-electron chi connectivity index (χ1n) is 4.69. The Labute approximate surface area is 78.8 Å². The molecule has 0 amide bonds. The van der Waals surface area contributed by atoms with Crippen molar-refractivity contribution in [2.24, 2.45) is 0 Å².